The van der Waals surface area contributed by atoms with E-state index in [1.807, 2.05) is 10.6 Å². The summed E-state index contributed by atoms with van der Waals surface area (Å²) in [6.45, 7) is 4.78. The van der Waals surface area contributed by atoms with Crippen LogP contribution in [0.2, 0.25) is 5.02 Å². The number of halogens is 1. The van der Waals surface area contributed by atoms with Crippen molar-refractivity contribution in [2.24, 2.45) is 0 Å². The molecule has 2 fully saturated rings. The number of ketones is 1. The van der Waals surface area contributed by atoms with Crippen LogP contribution in [0.3, 0.4) is 0 Å². The number of rotatable bonds is 5. The molecule has 0 amide bonds. The van der Waals surface area contributed by atoms with E-state index in [1.165, 1.54) is 23.7 Å². The van der Waals surface area contributed by atoms with Crippen LogP contribution in [0.25, 0.3) is 11.3 Å². The summed E-state index contributed by atoms with van der Waals surface area (Å²) in [7, 11) is 0. The third-order valence-electron chi connectivity index (χ3n) is 8.76. The van der Waals surface area contributed by atoms with Crippen LogP contribution >= 0.6 is 23.4 Å². The summed E-state index contributed by atoms with van der Waals surface area (Å²) in [5.74, 6) is 0.193. The number of nitrogens with zero attached hydrogens (tertiary/aromatic N) is 2. The maximum Gasteiger partial charge on any atom is 0.258 e. The average Bonchev–Trinajstić information content (AvgIpc) is 2.92. The van der Waals surface area contributed by atoms with E-state index >= 15 is 0 Å². The molecule has 3 aliphatic rings. The van der Waals surface area contributed by atoms with E-state index in [0.29, 0.717) is 22.3 Å². The summed E-state index contributed by atoms with van der Waals surface area (Å²) in [5, 5.41) is 1.23. The molecule has 2 aromatic carbocycles. The lowest BCUT2D eigenvalue weighted by Crippen LogP contribution is -2.45. The zero-order valence-corrected chi connectivity index (χ0v) is 24.2. The maximum atomic E-state index is 14.7. The van der Waals surface area contributed by atoms with E-state index in [-0.39, 0.29) is 34.2 Å². The first-order valence-corrected chi connectivity index (χ1v) is 15.4. The Bertz CT molecular complexity index is 1460. The van der Waals surface area contributed by atoms with Crippen molar-refractivity contribution in [1.29, 1.82) is 0 Å². The van der Waals surface area contributed by atoms with Gasteiger partial charge in [-0.1, -0.05) is 66.9 Å². The SMILES string of the molecule is CC1(C)C[C@@H](n2c(SCC(=O)c3ccc(Cl)cc3)nc3c(c2=O)C2(CCCCC2)Cc2ccccc2-3)CCO1. The van der Waals surface area contributed by atoms with Crippen molar-refractivity contribution in [2.75, 3.05) is 12.4 Å². The highest BCUT2D eigenvalue weighted by Crippen LogP contribution is 2.49. The number of Topliss-reactive ketones (excluding diaryl/α,β-unsaturated/α-hetero) is 1. The fourth-order valence-electron chi connectivity index (χ4n) is 6.89. The van der Waals surface area contributed by atoms with Gasteiger partial charge in [0, 0.05) is 34.2 Å². The molecule has 1 aromatic heterocycles. The van der Waals surface area contributed by atoms with Crippen LogP contribution in [0, 0.1) is 0 Å². The van der Waals surface area contributed by atoms with E-state index in [4.69, 9.17) is 21.3 Å². The van der Waals surface area contributed by atoms with Gasteiger partial charge in [-0.2, -0.15) is 0 Å². The predicted molar refractivity (Wildman–Crippen MR) is 157 cm³/mol. The van der Waals surface area contributed by atoms with Gasteiger partial charge in [-0.25, -0.2) is 4.98 Å². The summed E-state index contributed by atoms with van der Waals surface area (Å²) < 4.78 is 7.96. The highest BCUT2D eigenvalue weighted by Gasteiger charge is 2.44. The van der Waals surface area contributed by atoms with Gasteiger partial charge in [0.25, 0.3) is 5.56 Å². The average molecular weight is 563 g/mol. The molecule has 3 aromatic rings. The van der Waals surface area contributed by atoms with E-state index < -0.39 is 0 Å². The summed E-state index contributed by atoms with van der Waals surface area (Å²) in [4.78, 5) is 33.2. The second-order valence-corrected chi connectivity index (χ2v) is 13.3. The van der Waals surface area contributed by atoms with Crippen molar-refractivity contribution < 1.29 is 9.53 Å². The summed E-state index contributed by atoms with van der Waals surface area (Å²) >= 11 is 7.41. The normalized spacial score (nSPS) is 21.3. The quantitative estimate of drug-likeness (QED) is 0.184. The molecule has 0 unspecified atom stereocenters. The first kappa shape index (κ1) is 26.8. The first-order chi connectivity index (χ1) is 18.8. The fraction of sp³-hybridized carbons (Fsp3) is 0.469. The van der Waals surface area contributed by atoms with Crippen molar-refractivity contribution in [3.05, 3.63) is 80.6 Å². The Hall–Kier alpha value is -2.41. The molecule has 0 radical (unpaired) electrons. The monoisotopic (exact) mass is 562 g/mol. The van der Waals surface area contributed by atoms with Crippen LogP contribution < -0.4 is 5.56 Å². The standard InChI is InChI=1S/C32H35ClN2O3S/c1-31(2)19-24(14-17-38-31)35-29(37)27-28(34-30(35)39-20-26(36)21-10-12-23(33)13-11-21)25-9-5-4-8-22(25)18-32(27)15-6-3-7-16-32/h4-5,8-13,24H,3,6-7,14-20H2,1-2H3/t24-/m0/s1. The first-order valence-electron chi connectivity index (χ1n) is 14.1. The Balaban J connectivity index is 1.49. The van der Waals surface area contributed by atoms with Crippen LogP contribution in [0.1, 0.15) is 86.3 Å². The van der Waals surface area contributed by atoms with Gasteiger partial charge in [-0.3, -0.25) is 14.2 Å². The largest absolute Gasteiger partial charge is 0.375 e. The summed E-state index contributed by atoms with van der Waals surface area (Å²) in [6, 6.07) is 15.4. The van der Waals surface area contributed by atoms with Gasteiger partial charge in [0.05, 0.1) is 22.6 Å². The molecular weight excluding hydrogens is 528 g/mol. The molecule has 39 heavy (non-hydrogen) atoms. The van der Waals surface area contributed by atoms with Gasteiger partial charge < -0.3 is 4.74 Å². The zero-order chi connectivity index (χ0) is 27.2. The molecule has 2 aliphatic carbocycles. The lowest BCUT2D eigenvalue weighted by Gasteiger charge is -2.43. The minimum atomic E-state index is -0.325. The van der Waals surface area contributed by atoms with Crippen molar-refractivity contribution in [1.82, 2.24) is 9.55 Å². The minimum absolute atomic E-state index is 0.00774. The number of aromatic nitrogens is 2. The van der Waals surface area contributed by atoms with E-state index in [2.05, 4.69) is 32.0 Å². The van der Waals surface area contributed by atoms with Crippen LogP contribution in [0.15, 0.2) is 58.5 Å². The van der Waals surface area contributed by atoms with E-state index in [9.17, 15) is 9.59 Å². The van der Waals surface area contributed by atoms with Crippen LogP contribution in [0.4, 0.5) is 0 Å². The summed E-state index contributed by atoms with van der Waals surface area (Å²) in [6.07, 6.45) is 7.91. The van der Waals surface area contributed by atoms with Gasteiger partial charge in [-0.15, -0.1) is 0 Å². The second kappa shape index (κ2) is 10.5. The van der Waals surface area contributed by atoms with Gasteiger partial charge in [0.2, 0.25) is 0 Å². The van der Waals surface area contributed by atoms with Gasteiger partial charge >= 0.3 is 0 Å². The zero-order valence-electron chi connectivity index (χ0n) is 22.7. The highest BCUT2D eigenvalue weighted by molar-refractivity contribution is 7.99. The molecule has 1 saturated heterocycles. The Morgan fingerprint density at radius 1 is 1.10 bits per heavy atom. The molecule has 1 atom stereocenters. The molecule has 1 aliphatic heterocycles. The number of fused-ring (bicyclic) bond motifs is 4. The molecule has 1 spiro atoms. The number of ether oxygens (including phenoxy) is 1. The maximum absolute atomic E-state index is 14.7. The highest BCUT2D eigenvalue weighted by atomic mass is 35.5. The number of thioether (sulfide) groups is 1. The van der Waals surface area contributed by atoms with Crippen LogP contribution in [-0.2, 0) is 16.6 Å². The fourth-order valence-corrected chi connectivity index (χ4v) is 7.97. The topological polar surface area (TPSA) is 61.2 Å². The molecule has 0 N–H and O–H groups in total. The minimum Gasteiger partial charge on any atom is -0.375 e. The number of benzene rings is 2. The smallest absolute Gasteiger partial charge is 0.258 e. The Kier molecular flexibility index (Phi) is 7.23. The van der Waals surface area contributed by atoms with Gasteiger partial charge in [0.15, 0.2) is 10.9 Å². The molecule has 2 heterocycles. The Labute approximate surface area is 239 Å². The number of hydrogen-bond acceptors (Lipinski definition) is 5. The number of carbonyl (C=O) groups excluding carboxylic acids is 1. The summed E-state index contributed by atoms with van der Waals surface area (Å²) in [5.41, 5.74) is 4.26. The predicted octanol–water partition coefficient (Wildman–Crippen LogP) is 7.43. The van der Waals surface area contributed by atoms with E-state index in [0.717, 1.165) is 61.8 Å². The molecular formula is C32H35ClN2O3S. The second-order valence-electron chi connectivity index (χ2n) is 11.9. The molecule has 5 nitrogen and oxygen atoms in total. The van der Waals surface area contributed by atoms with Gasteiger partial charge in [-0.05, 0) is 75.8 Å². The number of hydrogen-bond donors (Lipinski definition) is 0. The third-order valence-corrected chi connectivity index (χ3v) is 9.96. The van der Waals surface area contributed by atoms with Crippen LogP contribution in [0.5, 0.6) is 0 Å². The molecule has 7 heteroatoms. The lowest BCUT2D eigenvalue weighted by molar-refractivity contribution is -0.0710. The van der Waals surface area contributed by atoms with Crippen molar-refractivity contribution in [3.8, 4) is 11.3 Å². The molecule has 1 saturated carbocycles. The Morgan fingerprint density at radius 2 is 1.85 bits per heavy atom. The van der Waals surface area contributed by atoms with Crippen molar-refractivity contribution >= 4 is 29.1 Å². The lowest BCUT2D eigenvalue weighted by atomic mass is 9.62. The molecule has 0 bridgehead atoms. The van der Waals surface area contributed by atoms with Crippen molar-refractivity contribution in [3.63, 3.8) is 0 Å². The Morgan fingerprint density at radius 3 is 2.59 bits per heavy atom. The molecule has 204 valence electrons. The third kappa shape index (κ3) is 5.12. The van der Waals surface area contributed by atoms with Crippen molar-refractivity contribution in [2.45, 2.75) is 87.4 Å². The van der Waals surface area contributed by atoms with Crippen LogP contribution in [-0.4, -0.2) is 33.3 Å². The molecule has 6 rings (SSSR count). The van der Waals surface area contributed by atoms with Gasteiger partial charge in [0.1, 0.15) is 0 Å². The van der Waals surface area contributed by atoms with E-state index in [1.54, 1.807) is 24.3 Å². The number of carbonyl (C=O) groups is 1.